The number of carbonyl (C=O) groups is 3. The Bertz CT molecular complexity index is 1060. The van der Waals surface area contributed by atoms with Gasteiger partial charge in [-0.15, -0.1) is 0 Å². The molecule has 2 saturated heterocycles. The molecule has 4 atom stereocenters. The average Bonchev–Trinajstić information content (AvgIpc) is 3.55. The smallest absolute Gasteiger partial charge is 0.407 e. The zero-order chi connectivity index (χ0) is 23.7. The van der Waals surface area contributed by atoms with E-state index in [0.717, 1.165) is 22.3 Å². The number of alkyl carbamates (subject to hydrolysis) is 1. The number of hydrogen-bond acceptors (Lipinski definition) is 6. The topological polar surface area (TPSA) is 123 Å². The Morgan fingerprint density at radius 2 is 1.41 bits per heavy atom. The van der Waals surface area contributed by atoms with Crippen molar-refractivity contribution in [2.75, 3.05) is 19.8 Å². The minimum absolute atomic E-state index is 0.0626. The highest BCUT2D eigenvalue weighted by molar-refractivity contribution is 5.84. The molecule has 34 heavy (non-hydrogen) atoms. The third-order valence-corrected chi connectivity index (χ3v) is 6.66. The van der Waals surface area contributed by atoms with Gasteiger partial charge in [0, 0.05) is 19.1 Å². The van der Waals surface area contributed by atoms with E-state index in [1.54, 1.807) is 0 Å². The van der Waals surface area contributed by atoms with Crippen LogP contribution in [-0.2, 0) is 23.8 Å². The summed E-state index contributed by atoms with van der Waals surface area (Å²) in [5.74, 6) is -1.65. The minimum Gasteiger partial charge on any atom is -0.479 e. The maximum atomic E-state index is 12.7. The number of carbonyl (C=O) groups excluding carboxylic acids is 2. The number of carboxylic acids is 1. The molecule has 1 aliphatic carbocycles. The van der Waals surface area contributed by atoms with E-state index in [2.05, 4.69) is 22.8 Å². The highest BCUT2D eigenvalue weighted by atomic mass is 16.6. The molecular formula is C25H26N2O7. The van der Waals surface area contributed by atoms with Crippen molar-refractivity contribution in [1.29, 1.82) is 0 Å². The number of hydrogen-bond donors (Lipinski definition) is 3. The van der Waals surface area contributed by atoms with E-state index in [-0.39, 0.29) is 19.1 Å². The highest BCUT2D eigenvalue weighted by Crippen LogP contribution is 2.44. The quantitative estimate of drug-likeness (QED) is 0.595. The maximum absolute atomic E-state index is 12.7. The van der Waals surface area contributed by atoms with Crippen LogP contribution < -0.4 is 10.6 Å². The summed E-state index contributed by atoms with van der Waals surface area (Å²) in [5, 5.41) is 14.7. The Hall–Kier alpha value is -3.43. The van der Waals surface area contributed by atoms with Gasteiger partial charge < -0.3 is 30.0 Å². The molecule has 2 heterocycles. The van der Waals surface area contributed by atoms with Crippen molar-refractivity contribution in [3.63, 3.8) is 0 Å². The molecule has 0 unspecified atom stereocenters. The third-order valence-electron chi connectivity index (χ3n) is 6.66. The van der Waals surface area contributed by atoms with E-state index in [1.807, 2.05) is 36.4 Å². The molecule has 0 saturated carbocycles. The predicted molar refractivity (Wildman–Crippen MR) is 120 cm³/mol. The highest BCUT2D eigenvalue weighted by Gasteiger charge is 2.41. The van der Waals surface area contributed by atoms with Crippen LogP contribution in [0.4, 0.5) is 4.79 Å². The second-order valence-electron chi connectivity index (χ2n) is 8.69. The molecule has 9 heteroatoms. The van der Waals surface area contributed by atoms with E-state index in [9.17, 15) is 19.5 Å². The Labute approximate surface area is 196 Å². The Balaban J connectivity index is 1.19. The van der Waals surface area contributed by atoms with Crippen molar-refractivity contribution in [2.24, 2.45) is 0 Å². The van der Waals surface area contributed by atoms with E-state index in [4.69, 9.17) is 14.2 Å². The summed E-state index contributed by atoms with van der Waals surface area (Å²) in [5.41, 5.74) is 4.52. The van der Waals surface area contributed by atoms with Crippen LogP contribution in [0.25, 0.3) is 11.1 Å². The first-order chi connectivity index (χ1) is 16.5. The Morgan fingerprint density at radius 1 is 0.853 bits per heavy atom. The lowest BCUT2D eigenvalue weighted by Gasteiger charge is -2.23. The lowest BCUT2D eigenvalue weighted by Crippen LogP contribution is -2.53. The first-order valence-corrected chi connectivity index (χ1v) is 11.4. The average molecular weight is 466 g/mol. The van der Waals surface area contributed by atoms with Crippen molar-refractivity contribution in [1.82, 2.24) is 10.6 Å². The molecule has 2 fully saturated rings. The van der Waals surface area contributed by atoms with Crippen molar-refractivity contribution in [3.8, 4) is 11.1 Å². The number of fused-ring (bicyclic) bond motifs is 3. The van der Waals surface area contributed by atoms with Crippen LogP contribution in [0.3, 0.4) is 0 Å². The van der Waals surface area contributed by atoms with Crippen molar-refractivity contribution < 1.29 is 33.7 Å². The first kappa shape index (κ1) is 22.4. The summed E-state index contributed by atoms with van der Waals surface area (Å²) in [7, 11) is 0. The number of ether oxygens (including phenoxy) is 3. The van der Waals surface area contributed by atoms with Gasteiger partial charge in [0.25, 0.3) is 5.91 Å². The summed E-state index contributed by atoms with van der Waals surface area (Å²) < 4.78 is 16.3. The van der Waals surface area contributed by atoms with Gasteiger partial charge in [0.15, 0.2) is 12.2 Å². The van der Waals surface area contributed by atoms with Gasteiger partial charge >= 0.3 is 12.1 Å². The zero-order valence-electron chi connectivity index (χ0n) is 18.4. The van der Waals surface area contributed by atoms with Crippen molar-refractivity contribution in [3.05, 3.63) is 59.7 Å². The fraction of sp³-hybridized carbons (Fsp3) is 0.400. The van der Waals surface area contributed by atoms with Crippen molar-refractivity contribution >= 4 is 18.0 Å². The number of aliphatic carboxylic acids is 1. The van der Waals surface area contributed by atoms with Crippen molar-refractivity contribution in [2.45, 2.75) is 43.1 Å². The van der Waals surface area contributed by atoms with E-state index in [0.29, 0.717) is 19.4 Å². The molecule has 0 aromatic heterocycles. The first-order valence-electron chi connectivity index (χ1n) is 11.4. The molecule has 5 rings (SSSR count). The fourth-order valence-corrected chi connectivity index (χ4v) is 5.03. The van der Waals surface area contributed by atoms with Gasteiger partial charge in [0.05, 0.1) is 12.1 Å². The zero-order valence-corrected chi connectivity index (χ0v) is 18.4. The fourth-order valence-electron chi connectivity index (χ4n) is 5.03. The van der Waals surface area contributed by atoms with Crippen LogP contribution in [-0.4, -0.2) is 67.2 Å². The number of carboxylic acid groups (broad SMARTS) is 1. The van der Waals surface area contributed by atoms with Gasteiger partial charge in [-0.1, -0.05) is 48.5 Å². The van der Waals surface area contributed by atoms with Gasteiger partial charge in [-0.3, -0.25) is 4.79 Å². The molecule has 2 amide bonds. The molecule has 9 nitrogen and oxygen atoms in total. The molecule has 2 aromatic carbocycles. The van der Waals surface area contributed by atoms with Crippen LogP contribution in [0.15, 0.2) is 48.5 Å². The maximum Gasteiger partial charge on any atom is 0.407 e. The lowest BCUT2D eigenvalue weighted by molar-refractivity contribution is -0.148. The van der Waals surface area contributed by atoms with Crippen LogP contribution in [0.2, 0.25) is 0 Å². The van der Waals surface area contributed by atoms with Crippen LogP contribution >= 0.6 is 0 Å². The minimum atomic E-state index is -1.12. The van der Waals surface area contributed by atoms with Gasteiger partial charge in [0.1, 0.15) is 6.61 Å². The number of nitrogens with one attached hydrogen (secondary N) is 2. The summed E-state index contributed by atoms with van der Waals surface area (Å²) in [6.45, 7) is 0.731. The largest absolute Gasteiger partial charge is 0.479 e. The van der Waals surface area contributed by atoms with Gasteiger partial charge in [-0.2, -0.15) is 0 Å². The summed E-state index contributed by atoms with van der Waals surface area (Å²) in [4.78, 5) is 36.6. The Kier molecular flexibility index (Phi) is 6.21. The summed E-state index contributed by atoms with van der Waals surface area (Å²) >= 11 is 0. The van der Waals surface area contributed by atoms with Gasteiger partial charge in [-0.05, 0) is 35.1 Å². The van der Waals surface area contributed by atoms with Gasteiger partial charge in [0.2, 0.25) is 0 Å². The second-order valence-corrected chi connectivity index (χ2v) is 8.69. The molecule has 3 N–H and O–H groups in total. The second kappa shape index (κ2) is 9.44. The molecule has 178 valence electrons. The number of benzene rings is 2. The molecule has 3 aliphatic rings. The monoisotopic (exact) mass is 466 g/mol. The lowest BCUT2D eigenvalue weighted by atomic mass is 9.98. The Morgan fingerprint density at radius 3 is 2.03 bits per heavy atom. The normalized spacial score (nSPS) is 25.4. The third kappa shape index (κ3) is 4.24. The summed E-state index contributed by atoms with van der Waals surface area (Å²) in [6, 6.07) is 15.0. The molecule has 0 spiro atoms. The van der Waals surface area contributed by atoms with E-state index < -0.39 is 42.3 Å². The molecule has 0 bridgehead atoms. The van der Waals surface area contributed by atoms with E-state index >= 15 is 0 Å². The van der Waals surface area contributed by atoms with Crippen LogP contribution in [0.5, 0.6) is 0 Å². The van der Waals surface area contributed by atoms with Gasteiger partial charge in [-0.25, -0.2) is 9.59 Å². The van der Waals surface area contributed by atoms with E-state index in [1.165, 1.54) is 0 Å². The molecule has 2 aromatic rings. The summed E-state index contributed by atoms with van der Waals surface area (Å²) in [6.07, 6.45) is -1.77. The number of amides is 2. The van der Waals surface area contributed by atoms with Crippen LogP contribution in [0, 0.1) is 0 Å². The number of rotatable bonds is 6. The van der Waals surface area contributed by atoms with Crippen LogP contribution in [0.1, 0.15) is 29.9 Å². The SMILES string of the molecule is O=C(N[C@@H]1CCO[C@@H]1C(=O)N[C@@H]1CCO[C@@H]1C(=O)O)OCC1c2ccccc2-c2ccccc21. The molecular weight excluding hydrogens is 440 g/mol. The predicted octanol–water partition coefficient (Wildman–Crippen LogP) is 2.04. The molecule has 2 aliphatic heterocycles. The molecule has 0 radical (unpaired) electrons. The standard InChI is InChI=1S/C25H26N2O7/c28-23(26-20-10-12-33-22(20)24(29)30)21-19(9-11-32-21)27-25(31)34-13-18-16-7-3-1-5-14(16)15-6-2-4-8-17(15)18/h1-8,18-22H,9-13H2,(H,26,28)(H,27,31)(H,29,30)/t19-,20-,21+,22+/m1/s1.